The molecule has 0 bridgehead atoms. The lowest BCUT2D eigenvalue weighted by Gasteiger charge is -1.92. The van der Waals surface area contributed by atoms with E-state index in [4.69, 9.17) is 15.9 Å². The molecule has 0 aliphatic rings. The second-order valence-corrected chi connectivity index (χ2v) is 2.56. The van der Waals surface area contributed by atoms with Gasteiger partial charge in [-0.05, 0) is 17.7 Å². The minimum absolute atomic E-state index is 0.194. The number of fused-ring (bicyclic) bond motifs is 1. The molecule has 4 N–H and O–H groups in total. The van der Waals surface area contributed by atoms with Crippen molar-refractivity contribution in [3.05, 3.63) is 23.8 Å². The molecule has 4 nitrogen and oxygen atoms in total. The van der Waals surface area contributed by atoms with Crippen LogP contribution in [0, 0.1) is 0 Å². The molecule has 0 unspecified atom stereocenters. The quantitative estimate of drug-likeness (QED) is 0.653. The summed E-state index contributed by atoms with van der Waals surface area (Å²) in [5, 5.41) is 0. The molecular formula is C8H9N3O. The van der Waals surface area contributed by atoms with Gasteiger partial charge in [0.05, 0.1) is 0 Å². The maximum atomic E-state index is 5.45. The van der Waals surface area contributed by atoms with Crippen molar-refractivity contribution in [2.75, 3.05) is 5.73 Å². The van der Waals surface area contributed by atoms with Gasteiger partial charge in [0.25, 0.3) is 6.01 Å². The molecule has 0 saturated heterocycles. The first-order valence-electron chi connectivity index (χ1n) is 3.64. The number of oxazole rings is 1. The first-order chi connectivity index (χ1) is 5.79. The van der Waals surface area contributed by atoms with Crippen LogP contribution in [0.15, 0.2) is 22.6 Å². The first-order valence-corrected chi connectivity index (χ1v) is 3.64. The molecule has 0 fully saturated rings. The highest BCUT2D eigenvalue weighted by Gasteiger charge is 2.01. The third-order valence-electron chi connectivity index (χ3n) is 1.71. The summed E-state index contributed by atoms with van der Waals surface area (Å²) < 4.78 is 5.12. The average Bonchev–Trinajstić information content (AvgIpc) is 2.43. The highest BCUT2D eigenvalue weighted by atomic mass is 16.4. The second kappa shape index (κ2) is 2.49. The molecule has 0 amide bonds. The monoisotopic (exact) mass is 163 g/mol. The number of hydrogen-bond donors (Lipinski definition) is 2. The standard InChI is InChI=1S/C8H9N3O/c9-4-5-1-2-6-7(3-5)12-8(10)11-6/h1-3H,4,9H2,(H2,10,11). The summed E-state index contributed by atoms with van der Waals surface area (Å²) in [7, 11) is 0. The lowest BCUT2D eigenvalue weighted by Crippen LogP contribution is -1.94. The molecule has 0 spiro atoms. The minimum Gasteiger partial charge on any atom is -0.424 e. The van der Waals surface area contributed by atoms with Crippen molar-refractivity contribution in [3.8, 4) is 0 Å². The number of nitrogen functional groups attached to an aromatic ring is 1. The van der Waals surface area contributed by atoms with Gasteiger partial charge in [-0.25, -0.2) is 0 Å². The summed E-state index contributed by atoms with van der Waals surface area (Å²) in [6, 6.07) is 5.79. The summed E-state index contributed by atoms with van der Waals surface area (Å²) in [6.07, 6.45) is 0. The van der Waals surface area contributed by atoms with Crippen molar-refractivity contribution in [1.82, 2.24) is 4.98 Å². The molecule has 0 atom stereocenters. The van der Waals surface area contributed by atoms with Crippen LogP contribution in [0.5, 0.6) is 0 Å². The number of rotatable bonds is 1. The van der Waals surface area contributed by atoms with Gasteiger partial charge < -0.3 is 15.9 Å². The lowest BCUT2D eigenvalue weighted by atomic mass is 10.2. The maximum Gasteiger partial charge on any atom is 0.292 e. The van der Waals surface area contributed by atoms with E-state index < -0.39 is 0 Å². The molecule has 0 aliphatic carbocycles. The molecule has 1 aromatic heterocycles. The third-order valence-corrected chi connectivity index (χ3v) is 1.71. The predicted octanol–water partition coefficient (Wildman–Crippen LogP) is 0.869. The van der Waals surface area contributed by atoms with Crippen LogP contribution in [0.3, 0.4) is 0 Å². The summed E-state index contributed by atoms with van der Waals surface area (Å²) >= 11 is 0. The van der Waals surface area contributed by atoms with Crippen molar-refractivity contribution >= 4 is 17.1 Å². The predicted molar refractivity (Wildman–Crippen MR) is 46.3 cm³/mol. The SMILES string of the molecule is NCc1ccc2nc(N)oc2c1. The van der Waals surface area contributed by atoms with E-state index >= 15 is 0 Å². The van der Waals surface area contributed by atoms with Crippen molar-refractivity contribution in [3.63, 3.8) is 0 Å². The van der Waals surface area contributed by atoms with E-state index in [0.717, 1.165) is 11.1 Å². The Kier molecular flexibility index (Phi) is 1.48. The van der Waals surface area contributed by atoms with Crippen LogP contribution in [0.25, 0.3) is 11.1 Å². The fourth-order valence-electron chi connectivity index (χ4n) is 1.11. The lowest BCUT2D eigenvalue weighted by molar-refractivity contribution is 0.626. The first kappa shape index (κ1) is 7.12. The zero-order valence-corrected chi connectivity index (χ0v) is 6.45. The van der Waals surface area contributed by atoms with Crippen LogP contribution < -0.4 is 11.5 Å². The molecule has 1 aromatic carbocycles. The van der Waals surface area contributed by atoms with Gasteiger partial charge in [0.2, 0.25) is 0 Å². The smallest absolute Gasteiger partial charge is 0.292 e. The molecule has 2 aromatic rings. The number of nitrogens with two attached hydrogens (primary N) is 2. The number of anilines is 1. The van der Waals surface area contributed by atoms with Crippen LogP contribution in [0.2, 0.25) is 0 Å². The van der Waals surface area contributed by atoms with E-state index in [2.05, 4.69) is 4.98 Å². The molecular weight excluding hydrogens is 154 g/mol. The molecule has 2 rings (SSSR count). The van der Waals surface area contributed by atoms with Crippen LogP contribution in [0.1, 0.15) is 5.56 Å². The molecule has 0 radical (unpaired) electrons. The molecule has 4 heteroatoms. The van der Waals surface area contributed by atoms with Crippen LogP contribution in [0.4, 0.5) is 6.01 Å². The van der Waals surface area contributed by atoms with Gasteiger partial charge >= 0.3 is 0 Å². The summed E-state index contributed by atoms with van der Waals surface area (Å²) in [5.41, 5.74) is 13.3. The second-order valence-electron chi connectivity index (χ2n) is 2.56. The Balaban J connectivity index is 2.66. The van der Waals surface area contributed by atoms with Crippen molar-refractivity contribution < 1.29 is 4.42 Å². The Hall–Kier alpha value is -1.55. The minimum atomic E-state index is 0.194. The van der Waals surface area contributed by atoms with E-state index in [1.54, 1.807) is 0 Å². The zero-order chi connectivity index (χ0) is 8.55. The van der Waals surface area contributed by atoms with Gasteiger partial charge in [0.1, 0.15) is 5.52 Å². The van der Waals surface area contributed by atoms with E-state index in [0.29, 0.717) is 12.1 Å². The van der Waals surface area contributed by atoms with E-state index in [-0.39, 0.29) is 6.01 Å². The van der Waals surface area contributed by atoms with E-state index in [1.807, 2.05) is 18.2 Å². The Morgan fingerprint density at radius 2 is 2.25 bits per heavy atom. The Labute approximate surface area is 69.2 Å². The highest BCUT2D eigenvalue weighted by Crippen LogP contribution is 2.17. The third kappa shape index (κ3) is 1.02. The maximum absolute atomic E-state index is 5.45. The molecule has 62 valence electrons. The fraction of sp³-hybridized carbons (Fsp3) is 0.125. The van der Waals surface area contributed by atoms with Crippen molar-refractivity contribution in [1.29, 1.82) is 0 Å². The zero-order valence-electron chi connectivity index (χ0n) is 6.45. The van der Waals surface area contributed by atoms with Crippen molar-refractivity contribution in [2.24, 2.45) is 5.73 Å². The summed E-state index contributed by atoms with van der Waals surface area (Å²) in [5.74, 6) is 0. The van der Waals surface area contributed by atoms with Crippen LogP contribution in [-0.2, 0) is 6.54 Å². The highest BCUT2D eigenvalue weighted by molar-refractivity contribution is 5.74. The van der Waals surface area contributed by atoms with Crippen molar-refractivity contribution in [2.45, 2.75) is 6.54 Å². The van der Waals surface area contributed by atoms with Gasteiger partial charge in [-0.1, -0.05) is 6.07 Å². The molecule has 1 heterocycles. The Bertz CT molecular complexity index is 408. The summed E-state index contributed by atoms with van der Waals surface area (Å²) in [6.45, 7) is 0.497. The molecule has 12 heavy (non-hydrogen) atoms. The summed E-state index contributed by atoms with van der Waals surface area (Å²) in [4.78, 5) is 3.96. The number of nitrogens with zero attached hydrogens (tertiary/aromatic N) is 1. The van der Waals surface area contributed by atoms with Crippen LogP contribution >= 0.6 is 0 Å². The molecule has 0 aliphatic heterocycles. The van der Waals surface area contributed by atoms with Gasteiger partial charge in [0, 0.05) is 6.54 Å². The number of benzene rings is 1. The normalized spacial score (nSPS) is 10.8. The average molecular weight is 163 g/mol. The van der Waals surface area contributed by atoms with Gasteiger partial charge in [0.15, 0.2) is 5.58 Å². The topological polar surface area (TPSA) is 78.1 Å². The fourth-order valence-corrected chi connectivity index (χ4v) is 1.11. The largest absolute Gasteiger partial charge is 0.424 e. The van der Waals surface area contributed by atoms with Gasteiger partial charge in [-0.2, -0.15) is 4.98 Å². The van der Waals surface area contributed by atoms with Gasteiger partial charge in [-0.15, -0.1) is 0 Å². The number of hydrogen-bond acceptors (Lipinski definition) is 4. The van der Waals surface area contributed by atoms with Gasteiger partial charge in [-0.3, -0.25) is 0 Å². The van der Waals surface area contributed by atoms with E-state index in [1.165, 1.54) is 0 Å². The Morgan fingerprint density at radius 1 is 1.42 bits per heavy atom. The molecule has 0 saturated carbocycles. The Morgan fingerprint density at radius 3 is 3.00 bits per heavy atom. The van der Waals surface area contributed by atoms with Crippen LogP contribution in [-0.4, -0.2) is 4.98 Å². The van der Waals surface area contributed by atoms with E-state index in [9.17, 15) is 0 Å². The number of aromatic nitrogens is 1.